The van der Waals surface area contributed by atoms with Crippen LogP contribution in [-0.4, -0.2) is 11.9 Å². The van der Waals surface area contributed by atoms with Crippen molar-refractivity contribution in [3.8, 4) is 5.75 Å². The molecule has 0 radical (unpaired) electrons. The van der Waals surface area contributed by atoms with Crippen molar-refractivity contribution in [1.29, 1.82) is 0 Å². The quantitative estimate of drug-likeness (QED) is 0.139. The first-order chi connectivity index (χ1) is 17.2. The first-order valence-electron chi connectivity index (χ1n) is 11.3. The average Bonchev–Trinajstić information content (AvgIpc) is 2.86. The summed E-state index contributed by atoms with van der Waals surface area (Å²) in [6, 6.07) is 19.5. The van der Waals surface area contributed by atoms with Crippen molar-refractivity contribution in [1.82, 2.24) is 0 Å². The third-order valence-corrected chi connectivity index (χ3v) is 5.09. The number of hydrogen-bond acceptors (Lipinski definition) is 4. The summed E-state index contributed by atoms with van der Waals surface area (Å²) in [5.41, 5.74) is 4.50. The summed E-state index contributed by atoms with van der Waals surface area (Å²) in [5, 5.41) is 0. The molecule has 182 valence electrons. The number of hydrogen-bond donors (Lipinski definition) is 0. The van der Waals surface area contributed by atoms with Gasteiger partial charge >= 0.3 is 11.9 Å². The molecule has 0 bridgehead atoms. The fraction of sp³-hybridized carbons (Fsp3) is 0.0968. The number of halogens is 1. The Morgan fingerprint density at radius 1 is 0.750 bits per heavy atom. The molecule has 0 fully saturated rings. The maximum atomic E-state index is 14.6. The van der Waals surface area contributed by atoms with E-state index in [-0.39, 0.29) is 12.4 Å². The van der Waals surface area contributed by atoms with Gasteiger partial charge in [-0.25, -0.2) is 14.0 Å². The van der Waals surface area contributed by atoms with Crippen LogP contribution in [0.3, 0.4) is 0 Å². The zero-order chi connectivity index (χ0) is 26.1. The second-order valence-corrected chi connectivity index (χ2v) is 8.28. The van der Waals surface area contributed by atoms with Crippen molar-refractivity contribution >= 4 is 36.2 Å². The first kappa shape index (κ1) is 26.1. The SMILES string of the molecule is C=C(C)C(=O)OCc1ccc(C=Cc2ccc(C=Cc3ccc(OC(=O)C(=C)C)cc3)cc2F)cc1. The molecule has 4 nitrogen and oxygen atoms in total. The number of carbonyl (C=O) groups is 2. The van der Waals surface area contributed by atoms with E-state index in [1.54, 1.807) is 50.3 Å². The molecule has 3 aromatic carbocycles. The summed E-state index contributed by atoms with van der Waals surface area (Å²) in [7, 11) is 0. The molecule has 0 atom stereocenters. The normalized spacial score (nSPS) is 11.0. The van der Waals surface area contributed by atoms with Gasteiger partial charge in [0.25, 0.3) is 0 Å². The van der Waals surface area contributed by atoms with Gasteiger partial charge < -0.3 is 9.47 Å². The second-order valence-electron chi connectivity index (χ2n) is 8.28. The van der Waals surface area contributed by atoms with Crippen molar-refractivity contribution in [2.75, 3.05) is 0 Å². The molecule has 0 aliphatic heterocycles. The summed E-state index contributed by atoms with van der Waals surface area (Å²) in [4.78, 5) is 23.1. The monoisotopic (exact) mass is 482 g/mol. The van der Waals surface area contributed by atoms with Gasteiger partial charge in [-0.3, -0.25) is 0 Å². The number of carbonyl (C=O) groups excluding carboxylic acids is 2. The highest BCUT2D eigenvalue weighted by atomic mass is 19.1. The van der Waals surface area contributed by atoms with E-state index >= 15 is 0 Å². The lowest BCUT2D eigenvalue weighted by molar-refractivity contribution is -0.140. The maximum Gasteiger partial charge on any atom is 0.338 e. The minimum atomic E-state index is -0.471. The molecular formula is C31H27FO4. The Kier molecular flexibility index (Phi) is 8.89. The van der Waals surface area contributed by atoms with Crippen molar-refractivity contribution in [2.24, 2.45) is 0 Å². The lowest BCUT2D eigenvalue weighted by Gasteiger charge is -2.05. The van der Waals surface area contributed by atoms with Gasteiger partial charge in [-0.15, -0.1) is 0 Å². The van der Waals surface area contributed by atoms with Gasteiger partial charge in [0.15, 0.2) is 0 Å². The van der Waals surface area contributed by atoms with E-state index < -0.39 is 11.9 Å². The molecule has 0 aromatic heterocycles. The second kappa shape index (κ2) is 12.3. The third-order valence-electron chi connectivity index (χ3n) is 5.09. The molecule has 0 saturated heterocycles. The molecule has 3 rings (SSSR count). The zero-order valence-corrected chi connectivity index (χ0v) is 20.3. The largest absolute Gasteiger partial charge is 0.457 e. The first-order valence-corrected chi connectivity index (χ1v) is 11.3. The lowest BCUT2D eigenvalue weighted by Crippen LogP contribution is -2.07. The van der Waals surface area contributed by atoms with Crippen LogP contribution in [0.1, 0.15) is 41.7 Å². The molecule has 3 aromatic rings. The van der Waals surface area contributed by atoms with Crippen LogP contribution in [0.4, 0.5) is 4.39 Å². The molecule has 5 heteroatoms. The molecule has 0 amide bonds. The highest BCUT2D eigenvalue weighted by Gasteiger charge is 2.05. The van der Waals surface area contributed by atoms with Crippen molar-refractivity contribution in [3.05, 3.63) is 125 Å². The summed E-state index contributed by atoms with van der Waals surface area (Å²) in [6.45, 7) is 10.5. The summed E-state index contributed by atoms with van der Waals surface area (Å²) in [6.07, 6.45) is 7.19. The molecular weight excluding hydrogens is 455 g/mol. The number of ether oxygens (including phenoxy) is 2. The van der Waals surface area contributed by atoms with Crippen LogP contribution in [0.5, 0.6) is 5.75 Å². The van der Waals surface area contributed by atoms with Crippen LogP contribution < -0.4 is 4.74 Å². The smallest absolute Gasteiger partial charge is 0.338 e. The molecule has 0 heterocycles. The zero-order valence-electron chi connectivity index (χ0n) is 20.3. The van der Waals surface area contributed by atoms with Crippen molar-refractivity contribution < 1.29 is 23.5 Å². The Hall–Kier alpha value is -4.51. The maximum absolute atomic E-state index is 14.6. The Labute approximate surface area is 210 Å². The van der Waals surface area contributed by atoms with Gasteiger partial charge in [-0.05, 0) is 54.3 Å². The van der Waals surface area contributed by atoms with Gasteiger partial charge in [0.05, 0.1) is 0 Å². The van der Waals surface area contributed by atoms with Gasteiger partial charge in [0.2, 0.25) is 0 Å². The highest BCUT2D eigenvalue weighted by Crippen LogP contribution is 2.19. The van der Waals surface area contributed by atoms with Crippen LogP contribution in [-0.2, 0) is 20.9 Å². The van der Waals surface area contributed by atoms with Crippen molar-refractivity contribution in [3.63, 3.8) is 0 Å². The fourth-order valence-electron chi connectivity index (χ4n) is 3.00. The Morgan fingerprint density at radius 3 is 1.86 bits per heavy atom. The van der Waals surface area contributed by atoms with Gasteiger partial charge in [-0.2, -0.15) is 0 Å². The summed E-state index contributed by atoms with van der Waals surface area (Å²) in [5.74, 6) is -0.796. The molecule has 0 aliphatic rings. The van der Waals surface area contributed by atoms with Crippen LogP contribution in [0.25, 0.3) is 24.3 Å². The lowest BCUT2D eigenvalue weighted by atomic mass is 10.1. The molecule has 0 unspecified atom stereocenters. The molecule has 36 heavy (non-hydrogen) atoms. The van der Waals surface area contributed by atoms with E-state index in [2.05, 4.69) is 13.2 Å². The number of benzene rings is 3. The van der Waals surface area contributed by atoms with Gasteiger partial charge in [0, 0.05) is 16.7 Å². The van der Waals surface area contributed by atoms with Crippen molar-refractivity contribution in [2.45, 2.75) is 20.5 Å². The Bertz CT molecular complexity index is 1330. The molecule has 0 saturated carbocycles. The average molecular weight is 483 g/mol. The van der Waals surface area contributed by atoms with Crippen LogP contribution >= 0.6 is 0 Å². The topological polar surface area (TPSA) is 52.6 Å². The molecule has 0 N–H and O–H groups in total. The Balaban J connectivity index is 1.59. The summed E-state index contributed by atoms with van der Waals surface area (Å²) >= 11 is 0. The van der Waals surface area contributed by atoms with Crippen LogP contribution in [0, 0.1) is 5.82 Å². The molecule has 0 aliphatic carbocycles. The van der Waals surface area contributed by atoms with E-state index in [0.29, 0.717) is 22.5 Å². The van der Waals surface area contributed by atoms with Crippen LogP contribution in [0.15, 0.2) is 91.0 Å². The van der Waals surface area contributed by atoms with E-state index in [9.17, 15) is 14.0 Å². The third kappa shape index (κ3) is 7.77. The van der Waals surface area contributed by atoms with Crippen LogP contribution in [0.2, 0.25) is 0 Å². The molecule has 0 spiro atoms. The number of esters is 2. The Morgan fingerprint density at radius 2 is 1.28 bits per heavy atom. The van der Waals surface area contributed by atoms with Gasteiger partial charge in [-0.1, -0.05) is 86.0 Å². The van der Waals surface area contributed by atoms with E-state index in [1.807, 2.05) is 48.6 Å². The van der Waals surface area contributed by atoms with E-state index in [4.69, 9.17) is 9.47 Å². The van der Waals surface area contributed by atoms with E-state index in [1.165, 1.54) is 6.07 Å². The predicted octanol–water partition coefficient (Wildman–Crippen LogP) is 7.27. The standard InChI is InChI=1S/C31H27FO4/c1-21(2)30(33)35-20-26-9-6-23(7-10-26)11-15-27-16-12-25(19-29(27)32)8-5-24-13-17-28(18-14-24)36-31(34)22(3)4/h5-19H,1,3,20H2,2,4H3. The van der Waals surface area contributed by atoms with E-state index in [0.717, 1.165) is 22.3 Å². The highest BCUT2D eigenvalue weighted by molar-refractivity contribution is 5.89. The van der Waals surface area contributed by atoms with Gasteiger partial charge in [0.1, 0.15) is 18.2 Å². The fourth-order valence-corrected chi connectivity index (χ4v) is 3.00. The minimum Gasteiger partial charge on any atom is -0.457 e. The number of rotatable bonds is 9. The minimum absolute atomic E-state index is 0.173. The summed E-state index contributed by atoms with van der Waals surface area (Å²) < 4.78 is 24.9. The predicted molar refractivity (Wildman–Crippen MR) is 142 cm³/mol.